The number of hydrogen-bond donors (Lipinski definition) is 2. The number of rotatable bonds is 6. The van der Waals surface area contributed by atoms with E-state index < -0.39 is 18.1 Å². The Morgan fingerprint density at radius 2 is 2.12 bits per heavy atom. The van der Waals surface area contributed by atoms with E-state index in [2.05, 4.69) is 5.32 Å². The lowest BCUT2D eigenvalue weighted by atomic mass is 10.0. The highest BCUT2D eigenvalue weighted by atomic mass is 16.5. The van der Waals surface area contributed by atoms with Gasteiger partial charge in [0.1, 0.15) is 17.9 Å². The van der Waals surface area contributed by atoms with Crippen molar-refractivity contribution in [3.63, 3.8) is 0 Å². The van der Waals surface area contributed by atoms with E-state index >= 15 is 0 Å². The molecular formula is C19H24N2O5. The van der Waals surface area contributed by atoms with Gasteiger partial charge in [0, 0.05) is 18.5 Å². The zero-order valence-electron chi connectivity index (χ0n) is 15.0. The third kappa shape index (κ3) is 3.58. The Kier molecular flexibility index (Phi) is 5.27. The normalized spacial score (nSPS) is 22.0. The van der Waals surface area contributed by atoms with Crippen LogP contribution in [0.5, 0.6) is 5.75 Å². The molecule has 2 aliphatic heterocycles. The number of aliphatic hydroxyl groups is 1. The highest BCUT2D eigenvalue weighted by Crippen LogP contribution is 2.30. The number of piperidine rings is 1. The van der Waals surface area contributed by atoms with Crippen LogP contribution < -0.4 is 10.1 Å². The average molecular weight is 360 g/mol. The van der Waals surface area contributed by atoms with Gasteiger partial charge in [-0.2, -0.15) is 0 Å². The number of amides is 3. The Morgan fingerprint density at radius 3 is 2.77 bits per heavy atom. The predicted octanol–water partition coefficient (Wildman–Crippen LogP) is 1.38. The van der Waals surface area contributed by atoms with E-state index in [4.69, 9.17) is 4.74 Å². The molecule has 3 unspecified atom stereocenters. The van der Waals surface area contributed by atoms with Gasteiger partial charge in [0.15, 0.2) is 0 Å². The first-order valence-electron chi connectivity index (χ1n) is 9.03. The molecule has 1 fully saturated rings. The van der Waals surface area contributed by atoms with Gasteiger partial charge in [-0.05, 0) is 43.5 Å². The molecule has 1 aromatic rings. The summed E-state index contributed by atoms with van der Waals surface area (Å²) in [5, 5.41) is 12.1. The molecular weight excluding hydrogens is 336 g/mol. The molecule has 2 N–H and O–H groups in total. The minimum absolute atomic E-state index is 0.207. The van der Waals surface area contributed by atoms with Crippen LogP contribution >= 0.6 is 0 Å². The second-order valence-corrected chi connectivity index (χ2v) is 6.90. The van der Waals surface area contributed by atoms with Crippen LogP contribution in [0.15, 0.2) is 18.2 Å². The van der Waals surface area contributed by atoms with E-state index in [1.165, 1.54) is 4.90 Å². The van der Waals surface area contributed by atoms with Crippen LogP contribution in [-0.2, 0) is 16.1 Å². The van der Waals surface area contributed by atoms with Gasteiger partial charge in [-0.1, -0.05) is 13.3 Å². The van der Waals surface area contributed by atoms with E-state index in [1.54, 1.807) is 25.1 Å². The van der Waals surface area contributed by atoms with Crippen LogP contribution in [0.4, 0.5) is 0 Å². The lowest BCUT2D eigenvalue weighted by Gasteiger charge is -2.29. The number of hydrogen-bond acceptors (Lipinski definition) is 5. The maximum Gasteiger partial charge on any atom is 0.255 e. The summed E-state index contributed by atoms with van der Waals surface area (Å²) in [4.78, 5) is 37.5. The van der Waals surface area contributed by atoms with E-state index in [-0.39, 0.29) is 24.3 Å². The number of aliphatic hydroxyl groups excluding tert-OH is 1. The Bertz CT molecular complexity index is 731. The zero-order valence-corrected chi connectivity index (χ0v) is 15.0. The average Bonchev–Trinajstić information content (AvgIpc) is 2.90. The molecule has 26 heavy (non-hydrogen) atoms. The van der Waals surface area contributed by atoms with E-state index in [0.29, 0.717) is 24.3 Å². The number of fused-ring (bicyclic) bond motifs is 1. The molecule has 140 valence electrons. The lowest BCUT2D eigenvalue weighted by molar-refractivity contribution is -0.136. The summed E-state index contributed by atoms with van der Waals surface area (Å²) in [6, 6.07) is 4.59. The van der Waals surface area contributed by atoms with Crippen molar-refractivity contribution >= 4 is 17.7 Å². The summed E-state index contributed by atoms with van der Waals surface area (Å²) in [5.41, 5.74) is 1.34. The molecule has 0 aliphatic carbocycles. The largest absolute Gasteiger partial charge is 0.488 e. The first-order valence-corrected chi connectivity index (χ1v) is 9.03. The van der Waals surface area contributed by atoms with Crippen molar-refractivity contribution in [1.29, 1.82) is 0 Å². The molecule has 3 rings (SSSR count). The van der Waals surface area contributed by atoms with E-state index in [1.807, 2.05) is 6.92 Å². The third-order valence-electron chi connectivity index (χ3n) is 4.89. The van der Waals surface area contributed by atoms with Gasteiger partial charge in [0.05, 0.1) is 6.10 Å². The number of carbonyl (C=O) groups excluding carboxylic acids is 3. The van der Waals surface area contributed by atoms with Crippen molar-refractivity contribution < 1.29 is 24.2 Å². The highest BCUT2D eigenvalue weighted by molar-refractivity contribution is 6.05. The summed E-state index contributed by atoms with van der Waals surface area (Å²) in [6.45, 7) is 4.03. The van der Waals surface area contributed by atoms with Gasteiger partial charge in [-0.15, -0.1) is 0 Å². The number of benzene rings is 1. The van der Waals surface area contributed by atoms with Crippen LogP contribution in [0, 0.1) is 0 Å². The van der Waals surface area contributed by atoms with E-state index in [0.717, 1.165) is 18.4 Å². The Morgan fingerprint density at radius 1 is 1.35 bits per heavy atom. The molecule has 0 bridgehead atoms. The second-order valence-electron chi connectivity index (χ2n) is 6.90. The van der Waals surface area contributed by atoms with Gasteiger partial charge in [-0.3, -0.25) is 19.7 Å². The minimum atomic E-state index is -0.623. The molecule has 0 radical (unpaired) electrons. The first-order chi connectivity index (χ1) is 12.4. The van der Waals surface area contributed by atoms with Crippen molar-refractivity contribution in [2.24, 2.45) is 0 Å². The summed E-state index contributed by atoms with van der Waals surface area (Å²) >= 11 is 0. The van der Waals surface area contributed by atoms with Crippen LogP contribution in [-0.4, -0.2) is 46.0 Å². The molecule has 2 heterocycles. The molecule has 7 nitrogen and oxygen atoms in total. The van der Waals surface area contributed by atoms with Crippen molar-refractivity contribution in [3.8, 4) is 5.75 Å². The van der Waals surface area contributed by atoms with Gasteiger partial charge >= 0.3 is 0 Å². The quantitative estimate of drug-likeness (QED) is 0.747. The number of carbonyl (C=O) groups is 3. The maximum absolute atomic E-state index is 12.6. The molecule has 0 aromatic heterocycles. The first kappa shape index (κ1) is 18.4. The second kappa shape index (κ2) is 7.45. The van der Waals surface area contributed by atoms with Crippen LogP contribution in [0.1, 0.15) is 55.5 Å². The Hall–Kier alpha value is -2.41. The molecule has 2 aliphatic rings. The number of nitrogens with zero attached hydrogens (tertiary/aromatic N) is 1. The highest BCUT2D eigenvalue weighted by Gasteiger charge is 2.39. The SMILES string of the molecule is CCCC(Oc1ccc2c(c1)CN(C1CCC(=O)NC1=O)C2=O)C(C)O. The minimum Gasteiger partial charge on any atom is -0.488 e. The smallest absolute Gasteiger partial charge is 0.255 e. The van der Waals surface area contributed by atoms with Gasteiger partial charge in [-0.25, -0.2) is 0 Å². The van der Waals surface area contributed by atoms with Crippen molar-refractivity contribution in [2.75, 3.05) is 0 Å². The molecule has 0 saturated carbocycles. The molecule has 0 spiro atoms. The fourth-order valence-corrected chi connectivity index (χ4v) is 3.48. The third-order valence-corrected chi connectivity index (χ3v) is 4.89. The Labute approximate surface area is 152 Å². The van der Waals surface area contributed by atoms with Crippen molar-refractivity contribution in [3.05, 3.63) is 29.3 Å². The number of nitrogens with one attached hydrogen (secondary N) is 1. The summed E-state index contributed by atoms with van der Waals surface area (Å²) < 4.78 is 5.89. The van der Waals surface area contributed by atoms with Crippen LogP contribution in [0.3, 0.4) is 0 Å². The summed E-state index contributed by atoms with van der Waals surface area (Å²) in [7, 11) is 0. The number of ether oxygens (including phenoxy) is 1. The maximum atomic E-state index is 12.6. The zero-order chi connectivity index (χ0) is 18.8. The van der Waals surface area contributed by atoms with Crippen LogP contribution in [0.2, 0.25) is 0 Å². The van der Waals surface area contributed by atoms with E-state index in [9.17, 15) is 19.5 Å². The standard InChI is InChI=1S/C19H24N2O5/c1-3-4-16(11(2)22)26-13-5-6-14-12(9-13)10-21(19(14)25)15-7-8-17(23)20-18(15)24/h5-6,9,11,15-16,22H,3-4,7-8,10H2,1-2H3,(H,20,23,24). The Balaban J connectivity index is 1.76. The lowest BCUT2D eigenvalue weighted by Crippen LogP contribution is -2.52. The predicted molar refractivity (Wildman–Crippen MR) is 93.5 cm³/mol. The topological polar surface area (TPSA) is 95.9 Å². The fourth-order valence-electron chi connectivity index (χ4n) is 3.48. The van der Waals surface area contributed by atoms with Crippen LogP contribution in [0.25, 0.3) is 0 Å². The van der Waals surface area contributed by atoms with Gasteiger partial charge in [0.25, 0.3) is 5.91 Å². The number of imide groups is 1. The summed E-state index contributed by atoms with van der Waals surface area (Å²) in [5.74, 6) is -0.329. The molecule has 3 amide bonds. The molecule has 7 heteroatoms. The van der Waals surface area contributed by atoms with Gasteiger partial charge < -0.3 is 14.7 Å². The molecule has 1 saturated heterocycles. The summed E-state index contributed by atoms with van der Waals surface area (Å²) in [6.07, 6.45) is 1.30. The fraction of sp³-hybridized carbons (Fsp3) is 0.526. The van der Waals surface area contributed by atoms with Crippen molar-refractivity contribution in [2.45, 2.75) is 64.3 Å². The van der Waals surface area contributed by atoms with Crippen molar-refractivity contribution in [1.82, 2.24) is 10.2 Å². The van der Waals surface area contributed by atoms with Gasteiger partial charge in [0.2, 0.25) is 11.8 Å². The molecule has 3 atom stereocenters. The molecule has 1 aromatic carbocycles. The monoisotopic (exact) mass is 360 g/mol.